The molecule has 1 saturated heterocycles. The minimum absolute atomic E-state index is 0.0495. The zero-order chi connectivity index (χ0) is 18.1. The molecule has 0 aliphatic carbocycles. The number of nitrogens with zero attached hydrogens (tertiary/aromatic N) is 3. The van der Waals surface area contributed by atoms with Crippen LogP contribution >= 0.6 is 0 Å². The molecular weight excluding hydrogens is 324 g/mol. The van der Waals surface area contributed by atoms with Gasteiger partial charge in [0.1, 0.15) is 11.4 Å². The van der Waals surface area contributed by atoms with Crippen LogP contribution in [-0.2, 0) is 0 Å². The summed E-state index contributed by atoms with van der Waals surface area (Å²) in [6.45, 7) is 4.05. The number of hydrogen-bond donors (Lipinski definition) is 2. The number of benzene rings is 2. The standard InChI is InChI=1S/C21H20N4O/c1-13-16-5-2-6-17(15-4-3-9-23-12-15)21(16)25-24-20(13)18-8-7-14(11-22)10-19(18)26/h2,5-8,10,15,23,26H,3-4,9,12H2,1H3/t15-/m1/s1. The summed E-state index contributed by atoms with van der Waals surface area (Å²) in [6, 6.07) is 13.2. The van der Waals surface area contributed by atoms with E-state index in [1.165, 1.54) is 18.1 Å². The summed E-state index contributed by atoms with van der Waals surface area (Å²) >= 11 is 0. The lowest BCUT2D eigenvalue weighted by Gasteiger charge is -2.24. The fraction of sp³-hybridized carbons (Fsp3) is 0.286. The molecule has 0 saturated carbocycles. The first-order chi connectivity index (χ1) is 12.7. The molecule has 0 radical (unpaired) electrons. The van der Waals surface area contributed by atoms with Crippen molar-refractivity contribution in [2.45, 2.75) is 25.7 Å². The Balaban J connectivity index is 1.84. The van der Waals surface area contributed by atoms with Gasteiger partial charge in [-0.2, -0.15) is 5.26 Å². The summed E-state index contributed by atoms with van der Waals surface area (Å²) < 4.78 is 0. The van der Waals surface area contributed by atoms with Gasteiger partial charge in [-0.25, -0.2) is 0 Å². The summed E-state index contributed by atoms with van der Waals surface area (Å²) in [4.78, 5) is 0. The van der Waals surface area contributed by atoms with E-state index in [0.717, 1.165) is 36.0 Å². The Morgan fingerprint density at radius 2 is 2.12 bits per heavy atom. The van der Waals surface area contributed by atoms with Gasteiger partial charge in [-0.15, -0.1) is 10.2 Å². The Kier molecular flexibility index (Phi) is 4.27. The van der Waals surface area contributed by atoms with Crippen LogP contribution in [0.2, 0.25) is 0 Å². The first kappa shape index (κ1) is 16.5. The second-order valence-electron chi connectivity index (χ2n) is 6.80. The highest BCUT2D eigenvalue weighted by atomic mass is 16.3. The molecule has 2 N–H and O–H groups in total. The molecule has 1 aliphatic rings. The summed E-state index contributed by atoms with van der Waals surface area (Å²) in [5, 5.41) is 32.8. The molecule has 26 heavy (non-hydrogen) atoms. The Hall–Kier alpha value is -2.97. The van der Waals surface area contributed by atoms with Crippen LogP contribution in [0, 0.1) is 18.3 Å². The summed E-state index contributed by atoms with van der Waals surface area (Å²) in [5.74, 6) is 0.503. The van der Waals surface area contributed by atoms with Gasteiger partial charge in [0, 0.05) is 17.5 Å². The molecule has 2 aromatic carbocycles. The molecule has 0 unspecified atom stereocenters. The van der Waals surface area contributed by atoms with E-state index < -0.39 is 0 Å². The van der Waals surface area contributed by atoms with Crippen molar-refractivity contribution < 1.29 is 5.11 Å². The second kappa shape index (κ2) is 6.74. The van der Waals surface area contributed by atoms with E-state index >= 15 is 0 Å². The number of aromatic nitrogens is 2. The van der Waals surface area contributed by atoms with Crippen LogP contribution in [0.5, 0.6) is 5.75 Å². The quantitative estimate of drug-likeness (QED) is 0.741. The van der Waals surface area contributed by atoms with Crippen molar-refractivity contribution in [3.05, 3.63) is 53.1 Å². The van der Waals surface area contributed by atoms with E-state index in [1.54, 1.807) is 12.1 Å². The average Bonchev–Trinajstić information content (AvgIpc) is 2.69. The first-order valence-corrected chi connectivity index (χ1v) is 8.89. The summed E-state index contributed by atoms with van der Waals surface area (Å²) in [5.41, 5.74) is 4.83. The lowest BCUT2D eigenvalue weighted by molar-refractivity contribution is 0.463. The molecule has 0 amide bonds. The monoisotopic (exact) mass is 344 g/mol. The van der Waals surface area contributed by atoms with Crippen molar-refractivity contribution in [3.8, 4) is 23.1 Å². The van der Waals surface area contributed by atoms with Gasteiger partial charge in [0.15, 0.2) is 0 Å². The maximum absolute atomic E-state index is 10.3. The van der Waals surface area contributed by atoms with E-state index in [0.29, 0.717) is 22.7 Å². The third-order valence-electron chi connectivity index (χ3n) is 5.20. The number of piperidine rings is 1. The fourth-order valence-corrected chi connectivity index (χ4v) is 3.78. The molecule has 3 aromatic rings. The molecule has 5 nitrogen and oxygen atoms in total. The van der Waals surface area contributed by atoms with Crippen LogP contribution < -0.4 is 5.32 Å². The topological polar surface area (TPSA) is 81.8 Å². The van der Waals surface area contributed by atoms with Gasteiger partial charge in [0.05, 0.1) is 17.1 Å². The largest absolute Gasteiger partial charge is 0.507 e. The van der Waals surface area contributed by atoms with Crippen molar-refractivity contribution in [3.63, 3.8) is 0 Å². The summed E-state index contributed by atoms with van der Waals surface area (Å²) in [7, 11) is 0. The molecule has 5 heteroatoms. The third-order valence-corrected chi connectivity index (χ3v) is 5.20. The van der Waals surface area contributed by atoms with Crippen LogP contribution in [0.4, 0.5) is 0 Å². The predicted octanol–water partition coefficient (Wildman–Crippen LogP) is 3.65. The van der Waals surface area contributed by atoms with Crippen LogP contribution in [0.15, 0.2) is 36.4 Å². The van der Waals surface area contributed by atoms with Gasteiger partial charge in [-0.3, -0.25) is 0 Å². The van der Waals surface area contributed by atoms with Gasteiger partial charge in [-0.1, -0.05) is 18.2 Å². The van der Waals surface area contributed by atoms with Crippen LogP contribution in [0.1, 0.15) is 35.4 Å². The minimum Gasteiger partial charge on any atom is -0.507 e. The fourth-order valence-electron chi connectivity index (χ4n) is 3.78. The number of fused-ring (bicyclic) bond motifs is 1. The van der Waals surface area contributed by atoms with E-state index in [1.807, 2.05) is 13.0 Å². The van der Waals surface area contributed by atoms with Crippen molar-refractivity contribution in [1.82, 2.24) is 15.5 Å². The molecule has 130 valence electrons. The predicted molar refractivity (Wildman–Crippen MR) is 101 cm³/mol. The maximum atomic E-state index is 10.3. The smallest absolute Gasteiger partial charge is 0.126 e. The zero-order valence-electron chi connectivity index (χ0n) is 14.7. The Morgan fingerprint density at radius 3 is 2.85 bits per heavy atom. The molecule has 1 aliphatic heterocycles. The molecule has 1 fully saturated rings. The Morgan fingerprint density at radius 1 is 1.23 bits per heavy atom. The SMILES string of the molecule is Cc1c(-c2ccc(C#N)cc2O)nnc2c([C@@H]3CCCNC3)cccc12. The molecule has 2 heterocycles. The average molecular weight is 344 g/mol. The van der Waals surface area contributed by atoms with E-state index in [2.05, 4.69) is 33.7 Å². The van der Waals surface area contributed by atoms with Crippen LogP contribution in [-0.4, -0.2) is 28.4 Å². The van der Waals surface area contributed by atoms with Gasteiger partial charge >= 0.3 is 0 Å². The highest BCUT2D eigenvalue weighted by molar-refractivity contribution is 5.89. The molecular formula is C21H20N4O. The molecule has 0 spiro atoms. The normalized spacial score (nSPS) is 17.2. The molecule has 1 aromatic heterocycles. The lowest BCUT2D eigenvalue weighted by atomic mass is 9.89. The molecule has 1 atom stereocenters. The van der Waals surface area contributed by atoms with E-state index in [4.69, 9.17) is 5.26 Å². The van der Waals surface area contributed by atoms with Crippen molar-refractivity contribution in [2.24, 2.45) is 0 Å². The Labute approximate surface area is 152 Å². The van der Waals surface area contributed by atoms with Crippen LogP contribution in [0.3, 0.4) is 0 Å². The van der Waals surface area contributed by atoms with Crippen molar-refractivity contribution in [1.29, 1.82) is 5.26 Å². The number of aromatic hydroxyl groups is 1. The van der Waals surface area contributed by atoms with E-state index in [-0.39, 0.29) is 5.75 Å². The van der Waals surface area contributed by atoms with E-state index in [9.17, 15) is 5.11 Å². The Bertz CT molecular complexity index is 1020. The number of nitrogens with one attached hydrogen (secondary N) is 1. The van der Waals surface area contributed by atoms with Gasteiger partial charge in [-0.05, 0) is 61.6 Å². The first-order valence-electron chi connectivity index (χ1n) is 8.89. The molecule has 4 rings (SSSR count). The number of aryl methyl sites for hydroxylation is 1. The number of phenols is 1. The van der Waals surface area contributed by atoms with Crippen molar-refractivity contribution in [2.75, 3.05) is 13.1 Å². The van der Waals surface area contributed by atoms with Crippen molar-refractivity contribution >= 4 is 10.9 Å². The van der Waals surface area contributed by atoms with Gasteiger partial charge in [0.2, 0.25) is 0 Å². The van der Waals surface area contributed by atoms with Gasteiger partial charge in [0.25, 0.3) is 0 Å². The third kappa shape index (κ3) is 2.79. The number of rotatable bonds is 2. The number of nitriles is 1. The number of hydrogen-bond acceptors (Lipinski definition) is 5. The highest BCUT2D eigenvalue weighted by Gasteiger charge is 2.20. The van der Waals surface area contributed by atoms with Gasteiger partial charge < -0.3 is 10.4 Å². The lowest BCUT2D eigenvalue weighted by Crippen LogP contribution is -2.28. The second-order valence-corrected chi connectivity index (χ2v) is 6.80. The van der Waals surface area contributed by atoms with Crippen LogP contribution in [0.25, 0.3) is 22.2 Å². The highest BCUT2D eigenvalue weighted by Crippen LogP contribution is 2.35. The zero-order valence-corrected chi connectivity index (χ0v) is 14.7. The maximum Gasteiger partial charge on any atom is 0.126 e. The summed E-state index contributed by atoms with van der Waals surface area (Å²) in [6.07, 6.45) is 2.33. The molecule has 0 bridgehead atoms. The number of phenolic OH excluding ortho intramolecular Hbond substituents is 1. The minimum atomic E-state index is 0.0495.